The van der Waals surface area contributed by atoms with Crippen LogP contribution in [0.3, 0.4) is 0 Å². The van der Waals surface area contributed by atoms with Gasteiger partial charge in [0.2, 0.25) is 0 Å². The Labute approximate surface area is 402 Å². The highest BCUT2D eigenvalue weighted by Crippen LogP contribution is 2.40. The molecular formula is C47H81FN4O15S. The number of amides is 2. The van der Waals surface area contributed by atoms with Crippen LogP contribution < -0.4 is 10.0 Å². The number of hydrogen-bond acceptors (Lipinski definition) is 17. The van der Waals surface area contributed by atoms with E-state index in [4.69, 9.17) is 28.4 Å². The first-order valence-corrected chi connectivity index (χ1v) is 25.3. The summed E-state index contributed by atoms with van der Waals surface area (Å²) in [6, 6.07) is 1.81. The second-order valence-electron chi connectivity index (χ2n) is 20.4. The molecule has 0 unspecified atom stereocenters. The Hall–Kier alpha value is -2.64. The third-order valence-electron chi connectivity index (χ3n) is 14.3. The summed E-state index contributed by atoms with van der Waals surface area (Å²) in [7, 11) is 0.860. The monoisotopic (exact) mass is 993 g/mol. The topological polar surface area (TPSA) is 255 Å². The summed E-state index contributed by atoms with van der Waals surface area (Å²) in [4.78, 5) is 30.7. The second kappa shape index (κ2) is 23.7. The van der Waals surface area contributed by atoms with Gasteiger partial charge >= 0.3 is 12.0 Å². The quantitative estimate of drug-likeness (QED) is 0.111. The van der Waals surface area contributed by atoms with E-state index in [0.717, 1.165) is 24.3 Å². The van der Waals surface area contributed by atoms with E-state index in [0.29, 0.717) is 6.42 Å². The van der Waals surface area contributed by atoms with Crippen LogP contribution in [0.15, 0.2) is 29.2 Å². The summed E-state index contributed by atoms with van der Waals surface area (Å²) in [6.45, 7) is 17.3. The molecule has 0 saturated carbocycles. The first-order chi connectivity index (χ1) is 31.5. The van der Waals surface area contributed by atoms with Crippen molar-refractivity contribution < 1.29 is 76.4 Å². The van der Waals surface area contributed by atoms with E-state index in [1.54, 1.807) is 48.5 Å². The number of carbonyl (C=O) groups is 2. The van der Waals surface area contributed by atoms with Crippen molar-refractivity contribution in [1.29, 1.82) is 0 Å². The minimum absolute atomic E-state index is 0.0173. The Morgan fingerprint density at radius 3 is 2.19 bits per heavy atom. The number of aliphatic hydroxyl groups is 5. The Kier molecular flexibility index (Phi) is 20.2. The van der Waals surface area contributed by atoms with E-state index in [-0.39, 0.29) is 68.3 Å². The number of aliphatic hydroxyl groups excluding tert-OH is 3. The molecule has 0 bridgehead atoms. The van der Waals surface area contributed by atoms with Crippen molar-refractivity contribution in [2.24, 2.45) is 17.8 Å². The lowest BCUT2D eigenvalue weighted by atomic mass is 9.77. The number of methoxy groups -OCH3 is 1. The van der Waals surface area contributed by atoms with Crippen LogP contribution in [0.5, 0.6) is 0 Å². The lowest BCUT2D eigenvalue weighted by molar-refractivity contribution is -0.318. The van der Waals surface area contributed by atoms with Crippen LogP contribution in [0.4, 0.5) is 9.18 Å². The zero-order chi connectivity index (χ0) is 51.3. The Morgan fingerprint density at radius 2 is 1.60 bits per heavy atom. The van der Waals surface area contributed by atoms with Crippen molar-refractivity contribution in [3.05, 3.63) is 30.1 Å². The van der Waals surface area contributed by atoms with E-state index in [2.05, 4.69) is 5.32 Å². The number of rotatable bonds is 13. The number of carbonyl (C=O) groups excluding carboxylic acids is 2. The molecule has 0 radical (unpaired) electrons. The zero-order valence-corrected chi connectivity index (χ0v) is 42.9. The lowest BCUT2D eigenvalue weighted by Gasteiger charge is -2.48. The summed E-state index contributed by atoms with van der Waals surface area (Å²) in [5.74, 6) is -3.80. The zero-order valence-electron chi connectivity index (χ0n) is 42.1. The molecule has 392 valence electrons. The number of halogens is 1. The number of benzene rings is 1. The Morgan fingerprint density at radius 1 is 0.971 bits per heavy atom. The van der Waals surface area contributed by atoms with Crippen molar-refractivity contribution >= 4 is 22.0 Å². The molecule has 3 saturated heterocycles. The number of likely N-dealkylation sites (N-methyl/N-ethyl adjacent to an activating group) is 1. The van der Waals surface area contributed by atoms with Crippen molar-refractivity contribution in [1.82, 2.24) is 19.8 Å². The van der Waals surface area contributed by atoms with Crippen LogP contribution in [-0.4, -0.2) is 187 Å². The maximum absolute atomic E-state index is 14.5. The summed E-state index contributed by atoms with van der Waals surface area (Å²) in [5, 5.41) is 62.2. The lowest BCUT2D eigenvalue weighted by Crippen LogP contribution is -2.60. The fraction of sp³-hybridized carbons (Fsp3) is 0.830. The van der Waals surface area contributed by atoms with Crippen LogP contribution in [0.1, 0.15) is 101 Å². The Bertz CT molecular complexity index is 1900. The minimum atomic E-state index is -4.30. The van der Waals surface area contributed by atoms with Crippen molar-refractivity contribution in [3.8, 4) is 0 Å². The Balaban J connectivity index is 1.72. The first kappa shape index (κ1) is 57.9. The van der Waals surface area contributed by atoms with Gasteiger partial charge in [-0.25, -0.2) is 22.3 Å². The van der Waals surface area contributed by atoms with Crippen LogP contribution >= 0.6 is 0 Å². The van der Waals surface area contributed by atoms with Gasteiger partial charge in [-0.2, -0.15) is 0 Å². The number of sulfonamides is 1. The molecule has 18 atom stereocenters. The third kappa shape index (κ3) is 14.1. The normalized spacial score (nSPS) is 40.8. The van der Waals surface area contributed by atoms with Crippen LogP contribution in [0.25, 0.3) is 0 Å². The van der Waals surface area contributed by atoms with Gasteiger partial charge in [-0.05, 0) is 118 Å². The average Bonchev–Trinajstić information content (AvgIpc) is 3.25. The van der Waals surface area contributed by atoms with Crippen molar-refractivity contribution in [3.63, 3.8) is 0 Å². The molecule has 0 spiro atoms. The molecule has 21 heteroatoms. The first-order valence-electron chi connectivity index (χ1n) is 23.8. The molecule has 68 heavy (non-hydrogen) atoms. The summed E-state index contributed by atoms with van der Waals surface area (Å²) < 4.78 is 78.6. The molecule has 3 heterocycles. The molecule has 0 aromatic heterocycles. The molecule has 3 aliphatic rings. The predicted octanol–water partition coefficient (Wildman–Crippen LogP) is 2.49. The summed E-state index contributed by atoms with van der Waals surface area (Å²) in [6.07, 6.45) is -9.58. The van der Waals surface area contributed by atoms with E-state index in [1.165, 1.54) is 14.0 Å². The van der Waals surface area contributed by atoms with E-state index in [1.807, 2.05) is 42.5 Å². The van der Waals surface area contributed by atoms with Gasteiger partial charge in [-0.15, -0.1) is 0 Å². The number of hydrogen-bond donors (Lipinski definition) is 7. The molecule has 1 aromatic rings. The summed E-state index contributed by atoms with van der Waals surface area (Å²) >= 11 is 0. The summed E-state index contributed by atoms with van der Waals surface area (Å²) in [5.41, 5.74) is -4.84. The number of urea groups is 1. The van der Waals surface area contributed by atoms with Gasteiger partial charge in [0.1, 0.15) is 35.8 Å². The molecular weight excluding hydrogens is 912 g/mol. The van der Waals surface area contributed by atoms with Gasteiger partial charge in [-0.3, -0.25) is 9.69 Å². The molecule has 2 amide bonds. The molecule has 0 aliphatic carbocycles. The largest absolute Gasteiger partial charge is 0.459 e. The average molecular weight is 993 g/mol. The molecule has 1 aromatic carbocycles. The highest BCUT2D eigenvalue weighted by Gasteiger charge is 2.53. The van der Waals surface area contributed by atoms with Crippen molar-refractivity contribution in [2.45, 2.75) is 197 Å². The SMILES string of the molecule is CC[C@H]1OC(=O)[C@H](C)[C@@H](O[C@H]2C[C@@](C)(OC)[C@@H](O)[C@H](C)O2)[C@H](C)[C@@H](O[C@@H]2O[C@H](C)C[C@H](N(C)C)[C@H]2O)[C@](C)(O)C[C@@H](C)CN(CCCNC(=O)NS(=O)(=O)c2ccc(F)cc2)[C@H](C)[C@@H](O)[C@]1(C)O. The highest BCUT2D eigenvalue weighted by molar-refractivity contribution is 7.90. The van der Waals surface area contributed by atoms with E-state index in [9.17, 15) is 47.9 Å². The third-order valence-corrected chi connectivity index (χ3v) is 15.6. The van der Waals surface area contributed by atoms with E-state index >= 15 is 0 Å². The van der Waals surface area contributed by atoms with Crippen LogP contribution in [0, 0.1) is 23.6 Å². The van der Waals surface area contributed by atoms with Gasteiger partial charge in [0.05, 0.1) is 46.4 Å². The maximum Gasteiger partial charge on any atom is 0.328 e. The molecule has 3 fully saturated rings. The number of esters is 1. The molecule has 3 aliphatic heterocycles. The van der Waals surface area contributed by atoms with Gasteiger partial charge in [0.15, 0.2) is 12.6 Å². The number of nitrogens with zero attached hydrogens (tertiary/aromatic N) is 2. The molecule has 19 nitrogen and oxygen atoms in total. The van der Waals surface area contributed by atoms with Crippen LogP contribution in [0.2, 0.25) is 0 Å². The smallest absolute Gasteiger partial charge is 0.328 e. The molecule has 7 N–H and O–H groups in total. The molecule has 4 rings (SSSR count). The maximum atomic E-state index is 14.5. The highest BCUT2D eigenvalue weighted by atomic mass is 32.2. The van der Waals surface area contributed by atoms with Gasteiger partial charge in [0, 0.05) is 51.2 Å². The fourth-order valence-electron chi connectivity index (χ4n) is 10.2. The fourth-order valence-corrected chi connectivity index (χ4v) is 11.1. The van der Waals surface area contributed by atoms with Gasteiger partial charge < -0.3 is 64.2 Å². The standard InChI is InChI=1S/C47H81FN4O15S/c1-14-35-47(10,59)39(54)30(6)52(21-15-20-49-44(57)50-68(60,61)33-18-16-32(48)17-19-33)25-26(2)23-45(8,58)41(67-43-37(53)34(51(11)12)22-27(3)63-43)28(4)38(29(5)42(56)65-35)66-36-24-46(9,62-13)40(55)31(7)64-36/h16-19,26-31,34-41,43,53-55,58-59H,14-15,20-25H2,1-13H3,(H2,49,50,57)/t26-,27-,28+,29-,30-,31+,34+,35-,36+,37-,38+,39-,40+,41-,43+,45-,46-,47-/m1/s1. The minimum Gasteiger partial charge on any atom is -0.459 e. The van der Waals surface area contributed by atoms with Gasteiger partial charge in [0.25, 0.3) is 10.0 Å². The second-order valence-corrected chi connectivity index (χ2v) is 22.1. The number of nitrogens with one attached hydrogen (secondary N) is 2. The number of ether oxygens (including phenoxy) is 6. The predicted molar refractivity (Wildman–Crippen MR) is 248 cm³/mol. The van der Waals surface area contributed by atoms with Crippen LogP contribution in [-0.2, 0) is 43.2 Å². The van der Waals surface area contributed by atoms with E-state index < -0.39 is 118 Å². The number of cyclic esters (lactones) is 1. The van der Waals surface area contributed by atoms with Crippen molar-refractivity contribution in [2.75, 3.05) is 40.8 Å². The van der Waals surface area contributed by atoms with Gasteiger partial charge in [-0.1, -0.05) is 20.8 Å².